The summed E-state index contributed by atoms with van der Waals surface area (Å²) in [5.74, 6) is 0.130. The molecule has 0 saturated heterocycles. The Labute approximate surface area is 120 Å². The summed E-state index contributed by atoms with van der Waals surface area (Å²) in [6.45, 7) is 5.74. The van der Waals surface area contributed by atoms with E-state index < -0.39 is 0 Å². The number of hydrogen-bond acceptors (Lipinski definition) is 1. The van der Waals surface area contributed by atoms with Gasteiger partial charge in [0.15, 0.2) is 0 Å². The monoisotopic (exact) mass is 281 g/mol. The lowest BCUT2D eigenvalue weighted by Crippen LogP contribution is -2.36. The van der Waals surface area contributed by atoms with E-state index in [1.165, 1.54) is 31.4 Å². The van der Waals surface area contributed by atoms with Gasteiger partial charge in [0, 0.05) is 17.6 Å². The van der Waals surface area contributed by atoms with Gasteiger partial charge in [-0.25, -0.2) is 8.78 Å². The minimum absolute atomic E-state index is 0.147. The van der Waals surface area contributed by atoms with Crippen molar-refractivity contribution in [3.8, 4) is 0 Å². The summed E-state index contributed by atoms with van der Waals surface area (Å²) in [6.07, 6.45) is 6.03. The molecule has 0 aliphatic heterocycles. The van der Waals surface area contributed by atoms with Crippen molar-refractivity contribution < 1.29 is 8.78 Å². The zero-order valence-electron chi connectivity index (χ0n) is 12.7. The largest absolute Gasteiger partial charge is 0.307 e. The van der Waals surface area contributed by atoms with Crippen molar-refractivity contribution in [2.24, 2.45) is 5.92 Å². The maximum absolute atomic E-state index is 14.0. The lowest BCUT2D eigenvalue weighted by Gasteiger charge is -2.31. The molecule has 112 valence electrons. The fourth-order valence-electron chi connectivity index (χ4n) is 3.25. The van der Waals surface area contributed by atoms with Crippen LogP contribution in [0.25, 0.3) is 0 Å². The van der Waals surface area contributed by atoms with E-state index >= 15 is 0 Å². The number of aryl methyl sites for hydroxylation is 1. The highest BCUT2D eigenvalue weighted by Gasteiger charge is 2.23. The van der Waals surface area contributed by atoms with E-state index in [1.54, 1.807) is 6.92 Å². The van der Waals surface area contributed by atoms with Gasteiger partial charge in [0.05, 0.1) is 0 Å². The van der Waals surface area contributed by atoms with Gasteiger partial charge in [-0.2, -0.15) is 0 Å². The van der Waals surface area contributed by atoms with Crippen LogP contribution in [-0.2, 0) is 0 Å². The van der Waals surface area contributed by atoms with Crippen LogP contribution in [0.1, 0.15) is 63.1 Å². The molecule has 20 heavy (non-hydrogen) atoms. The summed E-state index contributed by atoms with van der Waals surface area (Å²) in [6, 6.07) is 2.90. The van der Waals surface area contributed by atoms with Gasteiger partial charge < -0.3 is 5.32 Å². The van der Waals surface area contributed by atoms with Crippen LogP contribution in [-0.4, -0.2) is 6.04 Å². The van der Waals surface area contributed by atoms with Gasteiger partial charge in [-0.1, -0.05) is 26.2 Å². The Hall–Kier alpha value is -0.960. The third kappa shape index (κ3) is 3.57. The fraction of sp³-hybridized carbons (Fsp3) is 0.647. The van der Waals surface area contributed by atoms with Crippen LogP contribution in [0.15, 0.2) is 12.1 Å². The van der Waals surface area contributed by atoms with Gasteiger partial charge in [-0.05, 0) is 50.3 Å². The quantitative estimate of drug-likeness (QED) is 0.828. The summed E-state index contributed by atoms with van der Waals surface area (Å²) in [7, 11) is 0. The van der Waals surface area contributed by atoms with Gasteiger partial charge >= 0.3 is 0 Å². The number of hydrogen-bond donors (Lipinski definition) is 1. The second-order valence-electron chi connectivity index (χ2n) is 6.15. The van der Waals surface area contributed by atoms with Crippen molar-refractivity contribution in [2.75, 3.05) is 0 Å². The van der Waals surface area contributed by atoms with Gasteiger partial charge in [-0.3, -0.25) is 0 Å². The first-order valence-electron chi connectivity index (χ1n) is 7.72. The van der Waals surface area contributed by atoms with Crippen molar-refractivity contribution in [1.29, 1.82) is 0 Å². The maximum atomic E-state index is 14.0. The van der Waals surface area contributed by atoms with Crippen molar-refractivity contribution in [3.63, 3.8) is 0 Å². The summed E-state index contributed by atoms with van der Waals surface area (Å²) in [5, 5.41) is 3.48. The Kier molecular flexibility index (Phi) is 5.14. The molecule has 1 aromatic rings. The Morgan fingerprint density at radius 1 is 1.25 bits per heavy atom. The van der Waals surface area contributed by atoms with Crippen molar-refractivity contribution in [3.05, 3.63) is 34.9 Å². The fourth-order valence-corrected chi connectivity index (χ4v) is 3.25. The number of nitrogens with one attached hydrogen (secondary N) is 1. The maximum Gasteiger partial charge on any atom is 0.128 e. The average Bonchev–Trinajstić information content (AvgIpc) is 2.43. The molecule has 2 rings (SSSR count). The summed E-state index contributed by atoms with van der Waals surface area (Å²) in [5.41, 5.74) is 0.800. The van der Waals surface area contributed by atoms with Crippen LogP contribution in [0.4, 0.5) is 8.78 Å². The molecule has 1 aliphatic rings. The van der Waals surface area contributed by atoms with E-state index in [9.17, 15) is 8.78 Å². The zero-order chi connectivity index (χ0) is 14.7. The van der Waals surface area contributed by atoms with Crippen molar-refractivity contribution in [2.45, 2.75) is 65.0 Å². The van der Waals surface area contributed by atoms with E-state index in [4.69, 9.17) is 0 Å². The minimum atomic E-state index is -0.329. The Bertz CT molecular complexity index is 459. The zero-order valence-corrected chi connectivity index (χ0v) is 12.7. The molecule has 1 saturated carbocycles. The molecule has 1 nitrogen and oxygen atoms in total. The molecule has 3 unspecified atom stereocenters. The molecule has 1 fully saturated rings. The lowest BCUT2D eigenvalue weighted by atomic mass is 9.84. The molecule has 3 atom stereocenters. The van der Waals surface area contributed by atoms with Gasteiger partial charge in [0.2, 0.25) is 0 Å². The van der Waals surface area contributed by atoms with Crippen LogP contribution in [0.5, 0.6) is 0 Å². The highest BCUT2D eigenvalue weighted by atomic mass is 19.1. The molecule has 0 bridgehead atoms. The lowest BCUT2D eigenvalue weighted by molar-refractivity contribution is 0.264. The average molecular weight is 281 g/mol. The van der Waals surface area contributed by atoms with Crippen molar-refractivity contribution >= 4 is 0 Å². The predicted octanol–water partition coefficient (Wildman–Crippen LogP) is 4.89. The van der Waals surface area contributed by atoms with E-state index in [2.05, 4.69) is 12.2 Å². The molecular weight excluding hydrogens is 256 g/mol. The first-order chi connectivity index (χ1) is 9.51. The van der Waals surface area contributed by atoms with E-state index in [-0.39, 0.29) is 17.7 Å². The van der Waals surface area contributed by atoms with Crippen LogP contribution < -0.4 is 5.32 Å². The smallest absolute Gasteiger partial charge is 0.128 e. The number of benzene rings is 1. The van der Waals surface area contributed by atoms with E-state index in [0.29, 0.717) is 17.2 Å². The third-order valence-corrected chi connectivity index (χ3v) is 4.59. The molecule has 0 radical (unpaired) electrons. The van der Waals surface area contributed by atoms with Gasteiger partial charge in [0.1, 0.15) is 11.6 Å². The highest BCUT2D eigenvalue weighted by molar-refractivity contribution is 5.27. The predicted molar refractivity (Wildman–Crippen MR) is 78.7 cm³/mol. The second-order valence-corrected chi connectivity index (χ2v) is 6.15. The SMILES string of the molecule is CCC1CCCC(NC(C)c2cc(F)c(C)cc2F)C1. The topological polar surface area (TPSA) is 12.0 Å². The van der Waals surface area contributed by atoms with Crippen LogP contribution in [0.3, 0.4) is 0 Å². The van der Waals surface area contributed by atoms with Crippen LogP contribution in [0.2, 0.25) is 0 Å². The van der Waals surface area contributed by atoms with Gasteiger partial charge in [-0.15, -0.1) is 0 Å². The normalized spacial score (nSPS) is 24.6. The molecule has 0 heterocycles. The van der Waals surface area contributed by atoms with Crippen LogP contribution in [0, 0.1) is 24.5 Å². The standard InChI is InChI=1S/C17H25F2N/c1-4-13-6-5-7-14(9-13)20-12(3)15-10-16(18)11(2)8-17(15)19/h8,10,12-14,20H,4-7,9H2,1-3H3. The summed E-state index contributed by atoms with van der Waals surface area (Å²) >= 11 is 0. The number of rotatable bonds is 4. The Balaban J connectivity index is 2.04. The van der Waals surface area contributed by atoms with Crippen molar-refractivity contribution in [1.82, 2.24) is 5.32 Å². The molecular formula is C17H25F2N. The first-order valence-corrected chi connectivity index (χ1v) is 7.72. The molecule has 0 amide bonds. The molecule has 3 heteroatoms. The summed E-state index contributed by atoms with van der Waals surface area (Å²) < 4.78 is 27.6. The summed E-state index contributed by atoms with van der Waals surface area (Å²) in [4.78, 5) is 0. The molecule has 0 spiro atoms. The van der Waals surface area contributed by atoms with Crippen LogP contribution >= 0.6 is 0 Å². The molecule has 1 aromatic carbocycles. The molecule has 1 N–H and O–H groups in total. The second kappa shape index (κ2) is 6.66. The molecule has 1 aliphatic carbocycles. The molecule has 0 aromatic heterocycles. The first kappa shape index (κ1) is 15.4. The number of halogens is 2. The van der Waals surface area contributed by atoms with E-state index in [0.717, 1.165) is 18.8 Å². The Morgan fingerprint density at radius 3 is 2.70 bits per heavy atom. The van der Waals surface area contributed by atoms with Gasteiger partial charge in [0.25, 0.3) is 0 Å². The third-order valence-electron chi connectivity index (χ3n) is 4.59. The minimum Gasteiger partial charge on any atom is -0.307 e. The highest BCUT2D eigenvalue weighted by Crippen LogP contribution is 2.29. The van der Waals surface area contributed by atoms with E-state index in [1.807, 2.05) is 6.92 Å². The Morgan fingerprint density at radius 2 is 2.00 bits per heavy atom.